The van der Waals surface area contributed by atoms with Crippen LogP contribution in [-0.2, 0) is 9.84 Å². The van der Waals surface area contributed by atoms with E-state index in [9.17, 15) is 18.3 Å². The van der Waals surface area contributed by atoms with Gasteiger partial charge in [0.1, 0.15) is 0 Å². The fourth-order valence-electron chi connectivity index (χ4n) is 1.80. The molecular weight excluding hydrogens is 264 g/mol. The van der Waals surface area contributed by atoms with Gasteiger partial charge in [-0.3, -0.25) is 0 Å². The van der Waals surface area contributed by atoms with E-state index in [0.717, 1.165) is 11.8 Å². The molecule has 0 unspecified atom stereocenters. The van der Waals surface area contributed by atoms with Crippen LogP contribution in [0.25, 0.3) is 11.1 Å². The van der Waals surface area contributed by atoms with Crippen molar-refractivity contribution in [3.05, 3.63) is 54.1 Å². The molecule has 0 saturated heterocycles. The number of hydrogen-bond donors (Lipinski definition) is 1. The zero-order chi connectivity index (χ0) is 14.0. The van der Waals surface area contributed by atoms with Gasteiger partial charge in [0.15, 0.2) is 9.84 Å². The minimum atomic E-state index is -3.42. The number of carboxylic acid groups (broad SMARTS) is 1. The maximum atomic E-state index is 11.5. The number of aromatic carboxylic acids is 1. The van der Waals surface area contributed by atoms with Crippen LogP contribution in [0.2, 0.25) is 0 Å². The number of hydrogen-bond acceptors (Lipinski definition) is 3. The van der Waals surface area contributed by atoms with Gasteiger partial charge < -0.3 is 5.11 Å². The summed E-state index contributed by atoms with van der Waals surface area (Å²) in [5.74, 6) is -1.15. The van der Waals surface area contributed by atoms with Gasteiger partial charge in [0.25, 0.3) is 0 Å². The van der Waals surface area contributed by atoms with Crippen LogP contribution in [0.4, 0.5) is 0 Å². The molecule has 0 radical (unpaired) electrons. The van der Waals surface area contributed by atoms with E-state index in [2.05, 4.69) is 0 Å². The molecule has 0 fully saturated rings. The second kappa shape index (κ2) is 4.85. The molecular formula is C14H12O4S. The Balaban J connectivity index is 2.67. The van der Waals surface area contributed by atoms with Gasteiger partial charge in [-0.2, -0.15) is 0 Å². The van der Waals surface area contributed by atoms with Crippen molar-refractivity contribution in [3.8, 4) is 11.1 Å². The minimum Gasteiger partial charge on any atom is -0.478 e. The van der Waals surface area contributed by atoms with Gasteiger partial charge in [-0.05, 0) is 23.3 Å². The molecule has 0 heterocycles. The number of carboxylic acids is 1. The molecule has 2 rings (SSSR count). The van der Waals surface area contributed by atoms with Gasteiger partial charge in [0.2, 0.25) is 0 Å². The monoisotopic (exact) mass is 276 g/mol. The van der Waals surface area contributed by atoms with Crippen LogP contribution in [0.3, 0.4) is 0 Å². The maximum Gasteiger partial charge on any atom is 0.336 e. The summed E-state index contributed by atoms with van der Waals surface area (Å²) in [7, 11) is -3.42. The van der Waals surface area contributed by atoms with Crippen molar-refractivity contribution >= 4 is 15.8 Å². The first-order valence-corrected chi connectivity index (χ1v) is 7.41. The third-order valence-corrected chi connectivity index (χ3v) is 3.84. The van der Waals surface area contributed by atoms with Crippen molar-refractivity contribution in [2.24, 2.45) is 0 Å². The van der Waals surface area contributed by atoms with Crippen molar-refractivity contribution in [2.75, 3.05) is 6.26 Å². The Kier molecular flexibility index (Phi) is 3.40. The second-order valence-electron chi connectivity index (χ2n) is 4.15. The average Bonchev–Trinajstić information content (AvgIpc) is 2.38. The fourth-order valence-corrected chi connectivity index (χ4v) is 2.45. The summed E-state index contributed by atoms with van der Waals surface area (Å²) in [4.78, 5) is 11.3. The van der Waals surface area contributed by atoms with Crippen LogP contribution in [0.1, 0.15) is 10.4 Å². The number of carbonyl (C=O) groups is 1. The summed E-state index contributed by atoms with van der Waals surface area (Å²) in [6, 6.07) is 13.1. The Bertz CT molecular complexity index is 718. The molecule has 0 amide bonds. The zero-order valence-electron chi connectivity index (χ0n) is 10.2. The lowest BCUT2D eigenvalue weighted by Crippen LogP contribution is -2.04. The predicted octanol–water partition coefficient (Wildman–Crippen LogP) is 2.46. The minimum absolute atomic E-state index is 0.00424. The molecule has 0 bridgehead atoms. The summed E-state index contributed by atoms with van der Waals surface area (Å²) < 4.78 is 22.9. The quantitative estimate of drug-likeness (QED) is 0.934. The van der Waals surface area contributed by atoms with Crippen LogP contribution in [0.5, 0.6) is 0 Å². The Labute approximate surface area is 111 Å². The number of sulfone groups is 1. The Morgan fingerprint density at radius 1 is 1.05 bits per heavy atom. The smallest absolute Gasteiger partial charge is 0.336 e. The molecule has 1 N–H and O–H groups in total. The van der Waals surface area contributed by atoms with E-state index in [1.54, 1.807) is 24.3 Å². The summed E-state index contributed by atoms with van der Waals surface area (Å²) in [5, 5.41) is 9.22. The normalized spacial score (nSPS) is 11.2. The lowest BCUT2D eigenvalue weighted by molar-refractivity contribution is 0.0697. The molecule has 0 aliphatic rings. The molecule has 0 aliphatic carbocycles. The molecule has 5 heteroatoms. The Morgan fingerprint density at radius 3 is 2.21 bits per heavy atom. The van der Waals surface area contributed by atoms with E-state index in [4.69, 9.17) is 0 Å². The highest BCUT2D eigenvalue weighted by Gasteiger charge is 2.16. The maximum absolute atomic E-state index is 11.5. The van der Waals surface area contributed by atoms with Crippen LogP contribution >= 0.6 is 0 Å². The van der Waals surface area contributed by atoms with Crippen molar-refractivity contribution in [2.45, 2.75) is 4.90 Å². The largest absolute Gasteiger partial charge is 0.478 e. The van der Waals surface area contributed by atoms with E-state index >= 15 is 0 Å². The first-order chi connectivity index (χ1) is 8.89. The van der Waals surface area contributed by atoms with E-state index < -0.39 is 15.8 Å². The first kappa shape index (κ1) is 13.3. The molecule has 2 aromatic carbocycles. The second-order valence-corrected chi connectivity index (χ2v) is 6.17. The summed E-state index contributed by atoms with van der Waals surface area (Å²) >= 11 is 0. The Hall–Kier alpha value is -2.14. The van der Waals surface area contributed by atoms with E-state index in [0.29, 0.717) is 5.56 Å². The van der Waals surface area contributed by atoms with E-state index in [-0.39, 0.29) is 10.5 Å². The molecule has 98 valence electrons. The van der Waals surface area contributed by atoms with E-state index in [1.165, 1.54) is 18.2 Å². The molecule has 2 aromatic rings. The van der Waals surface area contributed by atoms with Crippen LogP contribution in [0.15, 0.2) is 53.4 Å². The highest BCUT2D eigenvalue weighted by Crippen LogP contribution is 2.26. The molecule has 0 aliphatic heterocycles. The molecule has 0 spiro atoms. The van der Waals surface area contributed by atoms with Gasteiger partial charge in [-0.15, -0.1) is 0 Å². The third-order valence-electron chi connectivity index (χ3n) is 2.73. The summed E-state index contributed by atoms with van der Waals surface area (Å²) in [6.07, 6.45) is 1.05. The molecule has 0 atom stereocenters. The van der Waals surface area contributed by atoms with Crippen LogP contribution < -0.4 is 0 Å². The number of benzene rings is 2. The predicted molar refractivity (Wildman–Crippen MR) is 71.9 cm³/mol. The lowest BCUT2D eigenvalue weighted by Gasteiger charge is -2.08. The van der Waals surface area contributed by atoms with Crippen molar-refractivity contribution in [3.63, 3.8) is 0 Å². The van der Waals surface area contributed by atoms with Crippen LogP contribution in [-0.4, -0.2) is 25.7 Å². The lowest BCUT2D eigenvalue weighted by atomic mass is 10.00. The average molecular weight is 276 g/mol. The van der Waals surface area contributed by atoms with Crippen LogP contribution in [0, 0.1) is 0 Å². The van der Waals surface area contributed by atoms with Gasteiger partial charge in [0.05, 0.1) is 10.5 Å². The molecule has 19 heavy (non-hydrogen) atoms. The zero-order valence-corrected chi connectivity index (χ0v) is 11.0. The van der Waals surface area contributed by atoms with Crippen molar-refractivity contribution in [1.29, 1.82) is 0 Å². The molecule has 4 nitrogen and oxygen atoms in total. The molecule has 0 saturated carbocycles. The topological polar surface area (TPSA) is 71.4 Å². The van der Waals surface area contributed by atoms with Gasteiger partial charge in [0, 0.05) is 6.26 Å². The fraction of sp³-hybridized carbons (Fsp3) is 0.0714. The summed E-state index contributed by atoms with van der Waals surface area (Å²) in [5.41, 5.74) is 1.22. The van der Waals surface area contributed by atoms with Gasteiger partial charge in [-0.25, -0.2) is 13.2 Å². The first-order valence-electron chi connectivity index (χ1n) is 5.52. The summed E-state index contributed by atoms with van der Waals surface area (Å²) in [6.45, 7) is 0. The van der Waals surface area contributed by atoms with Gasteiger partial charge >= 0.3 is 5.97 Å². The van der Waals surface area contributed by atoms with Gasteiger partial charge in [-0.1, -0.05) is 36.4 Å². The SMILES string of the molecule is CS(=O)(=O)c1ccc(-c2ccccc2)c(C(=O)O)c1. The van der Waals surface area contributed by atoms with Crippen molar-refractivity contribution < 1.29 is 18.3 Å². The molecule has 0 aromatic heterocycles. The third kappa shape index (κ3) is 2.82. The Morgan fingerprint density at radius 2 is 1.68 bits per heavy atom. The number of rotatable bonds is 3. The van der Waals surface area contributed by atoms with E-state index in [1.807, 2.05) is 6.07 Å². The van der Waals surface area contributed by atoms with Crippen molar-refractivity contribution in [1.82, 2.24) is 0 Å². The standard InChI is InChI=1S/C14H12O4S/c1-19(17,18)11-7-8-12(13(9-11)14(15)16)10-5-3-2-4-6-10/h2-9H,1H3,(H,15,16). The highest BCUT2D eigenvalue weighted by molar-refractivity contribution is 7.90. The highest BCUT2D eigenvalue weighted by atomic mass is 32.2.